The van der Waals surface area contributed by atoms with Gasteiger partial charge in [-0.15, -0.1) is 0 Å². The SMILES string of the molecule is O=C(O)CCCN1C(=O)/C(=C/c2ccc(F)cc2)SC1=S. The molecule has 1 aromatic rings. The van der Waals surface area contributed by atoms with Crippen molar-refractivity contribution in [3.8, 4) is 0 Å². The number of carbonyl (C=O) groups is 2. The van der Waals surface area contributed by atoms with Crippen molar-refractivity contribution in [3.05, 3.63) is 40.6 Å². The van der Waals surface area contributed by atoms with Crippen LogP contribution in [-0.2, 0) is 9.59 Å². The molecule has 110 valence electrons. The van der Waals surface area contributed by atoms with Gasteiger partial charge in [-0.05, 0) is 30.2 Å². The fourth-order valence-corrected chi connectivity index (χ4v) is 3.10. The number of thioether (sulfide) groups is 1. The largest absolute Gasteiger partial charge is 0.481 e. The molecule has 0 aromatic heterocycles. The van der Waals surface area contributed by atoms with E-state index < -0.39 is 5.97 Å². The second-order valence-electron chi connectivity index (χ2n) is 4.38. The predicted molar refractivity (Wildman–Crippen MR) is 83.1 cm³/mol. The Balaban J connectivity index is 2.06. The van der Waals surface area contributed by atoms with E-state index in [0.717, 1.165) is 0 Å². The number of thiocarbonyl (C=S) groups is 1. The zero-order chi connectivity index (χ0) is 15.4. The monoisotopic (exact) mass is 325 g/mol. The predicted octanol–water partition coefficient (Wildman–Crippen LogP) is 2.89. The van der Waals surface area contributed by atoms with Gasteiger partial charge < -0.3 is 5.11 Å². The summed E-state index contributed by atoms with van der Waals surface area (Å²) in [5.41, 5.74) is 0.711. The van der Waals surface area contributed by atoms with Gasteiger partial charge in [0.25, 0.3) is 5.91 Å². The number of nitrogens with zero attached hydrogens (tertiary/aromatic N) is 1. The number of hydrogen-bond acceptors (Lipinski definition) is 4. The van der Waals surface area contributed by atoms with E-state index in [1.165, 1.54) is 28.8 Å². The lowest BCUT2D eigenvalue weighted by molar-refractivity contribution is -0.137. The first-order chi connectivity index (χ1) is 9.97. The van der Waals surface area contributed by atoms with Crippen LogP contribution in [0, 0.1) is 5.82 Å². The van der Waals surface area contributed by atoms with Gasteiger partial charge in [-0.3, -0.25) is 14.5 Å². The Labute approximate surface area is 130 Å². The number of halogens is 1. The van der Waals surface area contributed by atoms with E-state index in [-0.39, 0.29) is 24.7 Å². The van der Waals surface area contributed by atoms with Crippen molar-refractivity contribution in [3.63, 3.8) is 0 Å². The fraction of sp³-hybridized carbons (Fsp3) is 0.214. The van der Waals surface area contributed by atoms with E-state index in [1.54, 1.807) is 18.2 Å². The molecule has 1 aliphatic heterocycles. The van der Waals surface area contributed by atoms with Gasteiger partial charge in [0.05, 0.1) is 4.91 Å². The van der Waals surface area contributed by atoms with Crippen molar-refractivity contribution in [2.45, 2.75) is 12.8 Å². The Morgan fingerprint density at radius 3 is 2.67 bits per heavy atom. The molecule has 0 spiro atoms. The standard InChI is InChI=1S/C14H12FNO3S2/c15-10-5-3-9(4-6-10)8-11-13(19)16(14(20)21-11)7-1-2-12(17)18/h3-6,8H,1-2,7H2,(H,17,18)/b11-8-. The smallest absolute Gasteiger partial charge is 0.303 e. The molecule has 0 bridgehead atoms. The summed E-state index contributed by atoms with van der Waals surface area (Å²) in [6.07, 6.45) is 2.00. The van der Waals surface area contributed by atoms with E-state index in [2.05, 4.69) is 0 Å². The third-order valence-corrected chi connectivity index (χ3v) is 4.19. The van der Waals surface area contributed by atoms with Crippen LogP contribution in [0.1, 0.15) is 18.4 Å². The number of hydrogen-bond donors (Lipinski definition) is 1. The van der Waals surface area contributed by atoms with Crippen LogP contribution in [0.25, 0.3) is 6.08 Å². The number of benzene rings is 1. The minimum absolute atomic E-state index is 0.00588. The molecule has 0 saturated carbocycles. The van der Waals surface area contributed by atoms with Crippen molar-refractivity contribution in [1.29, 1.82) is 0 Å². The van der Waals surface area contributed by atoms with E-state index in [4.69, 9.17) is 17.3 Å². The van der Waals surface area contributed by atoms with Crippen LogP contribution in [0.5, 0.6) is 0 Å². The Bertz CT molecular complexity index is 613. The summed E-state index contributed by atoms with van der Waals surface area (Å²) < 4.78 is 13.3. The minimum atomic E-state index is -0.901. The summed E-state index contributed by atoms with van der Waals surface area (Å²) in [6.45, 7) is 0.289. The first kappa shape index (κ1) is 15.7. The molecule has 0 radical (unpaired) electrons. The van der Waals surface area contributed by atoms with Gasteiger partial charge in [-0.1, -0.05) is 36.1 Å². The number of carboxylic acids is 1. The third kappa shape index (κ3) is 4.12. The molecule has 2 rings (SSSR count). The van der Waals surface area contributed by atoms with E-state index in [1.807, 2.05) is 0 Å². The lowest BCUT2D eigenvalue weighted by Gasteiger charge is -2.13. The molecule has 1 fully saturated rings. The van der Waals surface area contributed by atoms with Gasteiger partial charge >= 0.3 is 5.97 Å². The highest BCUT2D eigenvalue weighted by Gasteiger charge is 2.31. The molecule has 1 N–H and O–H groups in total. The van der Waals surface area contributed by atoms with Crippen LogP contribution in [0.3, 0.4) is 0 Å². The van der Waals surface area contributed by atoms with Crippen LogP contribution >= 0.6 is 24.0 Å². The molecule has 0 atom stereocenters. The average Bonchev–Trinajstić information content (AvgIpc) is 2.68. The molecule has 1 amide bonds. The topological polar surface area (TPSA) is 57.6 Å². The maximum Gasteiger partial charge on any atom is 0.303 e. The molecule has 4 nitrogen and oxygen atoms in total. The van der Waals surface area contributed by atoms with Crippen LogP contribution in [0.15, 0.2) is 29.2 Å². The Hall–Kier alpha value is -1.73. The fourth-order valence-electron chi connectivity index (χ4n) is 1.79. The molecule has 1 heterocycles. The molecule has 1 aromatic carbocycles. The molecular formula is C14H12FNO3S2. The van der Waals surface area contributed by atoms with Gasteiger partial charge in [-0.2, -0.15) is 0 Å². The summed E-state index contributed by atoms with van der Waals surface area (Å²) in [5.74, 6) is -1.48. The molecule has 1 aliphatic rings. The van der Waals surface area contributed by atoms with Crippen LogP contribution in [0.4, 0.5) is 4.39 Å². The molecule has 1 saturated heterocycles. The van der Waals surface area contributed by atoms with Crippen molar-refractivity contribution >= 4 is 46.3 Å². The van der Waals surface area contributed by atoms with E-state index in [9.17, 15) is 14.0 Å². The Kier molecular flexibility index (Phi) is 5.08. The molecule has 0 aliphatic carbocycles. The normalized spacial score (nSPS) is 16.8. The van der Waals surface area contributed by atoms with Gasteiger partial charge in [0.1, 0.15) is 10.1 Å². The van der Waals surface area contributed by atoms with Gasteiger partial charge in [0.2, 0.25) is 0 Å². The first-order valence-corrected chi connectivity index (χ1v) is 7.42. The average molecular weight is 325 g/mol. The van der Waals surface area contributed by atoms with E-state index in [0.29, 0.717) is 21.2 Å². The Morgan fingerprint density at radius 2 is 2.05 bits per heavy atom. The van der Waals surface area contributed by atoms with Crippen molar-refractivity contribution in [1.82, 2.24) is 4.90 Å². The molecular weight excluding hydrogens is 313 g/mol. The zero-order valence-corrected chi connectivity index (χ0v) is 12.5. The highest BCUT2D eigenvalue weighted by molar-refractivity contribution is 8.26. The maximum absolute atomic E-state index is 12.8. The number of rotatable bonds is 5. The molecule has 21 heavy (non-hydrogen) atoms. The summed E-state index contributed by atoms with van der Waals surface area (Å²) >= 11 is 6.30. The second-order valence-corrected chi connectivity index (χ2v) is 6.06. The van der Waals surface area contributed by atoms with Crippen molar-refractivity contribution in [2.24, 2.45) is 0 Å². The van der Waals surface area contributed by atoms with Crippen molar-refractivity contribution < 1.29 is 19.1 Å². The highest BCUT2D eigenvalue weighted by Crippen LogP contribution is 2.32. The number of carboxylic acid groups (broad SMARTS) is 1. The summed E-state index contributed by atoms with van der Waals surface area (Å²) in [6, 6.07) is 5.79. The number of aliphatic carboxylic acids is 1. The number of carbonyl (C=O) groups excluding carboxylic acids is 1. The Morgan fingerprint density at radius 1 is 1.38 bits per heavy atom. The van der Waals surface area contributed by atoms with Crippen molar-refractivity contribution in [2.75, 3.05) is 6.54 Å². The third-order valence-electron chi connectivity index (χ3n) is 2.81. The van der Waals surface area contributed by atoms with Gasteiger partial charge in [0, 0.05) is 13.0 Å². The van der Waals surface area contributed by atoms with Crippen LogP contribution in [-0.4, -0.2) is 32.7 Å². The maximum atomic E-state index is 12.8. The first-order valence-electron chi connectivity index (χ1n) is 6.20. The summed E-state index contributed by atoms with van der Waals surface area (Å²) in [5, 5.41) is 8.60. The van der Waals surface area contributed by atoms with Gasteiger partial charge in [0.15, 0.2) is 0 Å². The quantitative estimate of drug-likeness (QED) is 0.666. The van der Waals surface area contributed by atoms with Crippen LogP contribution < -0.4 is 0 Å². The highest BCUT2D eigenvalue weighted by atomic mass is 32.2. The lowest BCUT2D eigenvalue weighted by atomic mass is 10.2. The zero-order valence-electron chi connectivity index (χ0n) is 10.9. The summed E-state index contributed by atoms with van der Waals surface area (Å²) in [4.78, 5) is 24.5. The number of amides is 1. The minimum Gasteiger partial charge on any atom is -0.481 e. The lowest BCUT2D eigenvalue weighted by Crippen LogP contribution is -2.29. The van der Waals surface area contributed by atoms with E-state index >= 15 is 0 Å². The molecule has 7 heteroatoms. The van der Waals surface area contributed by atoms with Gasteiger partial charge in [-0.25, -0.2) is 4.39 Å². The second kappa shape index (κ2) is 6.82. The van der Waals surface area contributed by atoms with Crippen LogP contribution in [0.2, 0.25) is 0 Å². The molecule has 0 unspecified atom stereocenters. The summed E-state index contributed by atoms with van der Waals surface area (Å²) in [7, 11) is 0.